The Morgan fingerprint density at radius 2 is 2.00 bits per heavy atom. The molecule has 0 aromatic heterocycles. The van der Waals surface area contributed by atoms with Crippen LogP contribution in [0.2, 0.25) is 0 Å². The minimum Gasteiger partial charge on any atom is -0.391 e. The lowest BCUT2D eigenvalue weighted by Gasteiger charge is -2.11. The smallest absolute Gasteiger partial charge is 0.142 e. The summed E-state index contributed by atoms with van der Waals surface area (Å²) in [7, 11) is 0. The molecule has 1 fully saturated rings. The number of fused-ring (bicyclic) bond motifs is 1. The van der Waals surface area contributed by atoms with Gasteiger partial charge in [0, 0.05) is 0 Å². The van der Waals surface area contributed by atoms with Crippen LogP contribution in [0.4, 0.5) is 0 Å². The van der Waals surface area contributed by atoms with Crippen LogP contribution in [0.3, 0.4) is 0 Å². The first-order valence-corrected chi connectivity index (χ1v) is 7.00. The van der Waals surface area contributed by atoms with Crippen LogP contribution in [0.5, 0.6) is 0 Å². The van der Waals surface area contributed by atoms with Gasteiger partial charge in [-0.1, -0.05) is 55.4 Å². The van der Waals surface area contributed by atoms with Crippen molar-refractivity contribution in [2.75, 3.05) is 0 Å². The van der Waals surface area contributed by atoms with Crippen molar-refractivity contribution in [3.63, 3.8) is 0 Å². The van der Waals surface area contributed by atoms with Gasteiger partial charge in [0.25, 0.3) is 0 Å². The Morgan fingerprint density at radius 3 is 2.74 bits per heavy atom. The van der Waals surface area contributed by atoms with Crippen LogP contribution in [0.25, 0.3) is 0 Å². The topological polar surface area (TPSA) is 21.6 Å². The second kappa shape index (κ2) is 4.52. The minimum absolute atomic E-state index is 0.456. The SMILES string of the molecule is CC1=C[C@@H]2[C@H](C/C1=N/OCc1ccccc1)C2(C)C. The van der Waals surface area contributed by atoms with Crippen LogP contribution in [-0.2, 0) is 11.4 Å². The van der Waals surface area contributed by atoms with E-state index in [0.717, 1.165) is 29.5 Å². The molecule has 0 aliphatic heterocycles. The normalized spacial score (nSPS) is 29.6. The Morgan fingerprint density at radius 1 is 1.26 bits per heavy atom. The molecule has 3 rings (SSSR count). The molecule has 2 nitrogen and oxygen atoms in total. The molecule has 0 heterocycles. The molecular weight excluding hydrogens is 234 g/mol. The molecule has 0 radical (unpaired) electrons. The summed E-state index contributed by atoms with van der Waals surface area (Å²) in [5.41, 5.74) is 4.04. The Kier molecular flexibility index (Phi) is 2.96. The van der Waals surface area contributed by atoms with E-state index in [1.165, 1.54) is 5.57 Å². The van der Waals surface area contributed by atoms with Crippen molar-refractivity contribution in [1.29, 1.82) is 0 Å². The van der Waals surface area contributed by atoms with Crippen LogP contribution in [0.1, 0.15) is 32.8 Å². The van der Waals surface area contributed by atoms with Gasteiger partial charge in [-0.25, -0.2) is 0 Å². The molecule has 2 aliphatic rings. The van der Waals surface area contributed by atoms with E-state index in [2.05, 4.69) is 44.1 Å². The number of hydrogen-bond donors (Lipinski definition) is 0. The molecule has 0 N–H and O–H groups in total. The Labute approximate surface area is 115 Å². The van der Waals surface area contributed by atoms with Gasteiger partial charge in [0.05, 0.1) is 5.71 Å². The number of benzene rings is 1. The van der Waals surface area contributed by atoms with Crippen LogP contribution in [0, 0.1) is 17.3 Å². The second-order valence-corrected chi connectivity index (χ2v) is 6.30. The van der Waals surface area contributed by atoms with Crippen LogP contribution < -0.4 is 0 Å². The molecule has 1 aromatic carbocycles. The van der Waals surface area contributed by atoms with Gasteiger partial charge >= 0.3 is 0 Å². The van der Waals surface area contributed by atoms with Gasteiger partial charge in [0.15, 0.2) is 0 Å². The highest BCUT2D eigenvalue weighted by molar-refractivity contribution is 6.01. The van der Waals surface area contributed by atoms with Crippen LogP contribution in [0.15, 0.2) is 47.1 Å². The van der Waals surface area contributed by atoms with Gasteiger partial charge in [-0.3, -0.25) is 0 Å². The number of allylic oxidation sites excluding steroid dienone is 2. The monoisotopic (exact) mass is 255 g/mol. The predicted molar refractivity (Wildman–Crippen MR) is 77.8 cm³/mol. The summed E-state index contributed by atoms with van der Waals surface area (Å²) in [4.78, 5) is 5.51. The summed E-state index contributed by atoms with van der Waals surface area (Å²) in [5, 5.41) is 4.35. The fourth-order valence-electron chi connectivity index (χ4n) is 3.11. The molecule has 0 saturated heterocycles. The zero-order valence-corrected chi connectivity index (χ0v) is 11.9. The molecule has 2 heteroatoms. The van der Waals surface area contributed by atoms with E-state index >= 15 is 0 Å². The molecule has 2 aliphatic carbocycles. The van der Waals surface area contributed by atoms with Gasteiger partial charge in [0.1, 0.15) is 6.61 Å². The Bertz CT molecular complexity index is 527. The minimum atomic E-state index is 0.456. The number of hydrogen-bond acceptors (Lipinski definition) is 2. The van der Waals surface area contributed by atoms with Crippen molar-refractivity contribution in [2.24, 2.45) is 22.4 Å². The number of nitrogens with zero attached hydrogens (tertiary/aromatic N) is 1. The van der Waals surface area contributed by atoms with Crippen molar-refractivity contribution in [3.05, 3.63) is 47.5 Å². The molecule has 2 atom stereocenters. The third-order valence-corrected chi connectivity index (χ3v) is 4.69. The molecule has 100 valence electrons. The molecule has 1 aromatic rings. The molecule has 0 spiro atoms. The molecule has 0 unspecified atom stereocenters. The van der Waals surface area contributed by atoms with E-state index in [1.807, 2.05) is 18.2 Å². The summed E-state index contributed by atoms with van der Waals surface area (Å²) >= 11 is 0. The maximum atomic E-state index is 5.51. The molecule has 0 bridgehead atoms. The van der Waals surface area contributed by atoms with Gasteiger partial charge in [-0.2, -0.15) is 0 Å². The molecular formula is C17H21NO. The third kappa shape index (κ3) is 2.32. The molecule has 0 amide bonds. The highest BCUT2D eigenvalue weighted by Gasteiger charge is 2.58. The summed E-state index contributed by atoms with van der Waals surface area (Å²) in [6.45, 7) is 7.39. The van der Waals surface area contributed by atoms with E-state index < -0.39 is 0 Å². The van der Waals surface area contributed by atoms with E-state index in [-0.39, 0.29) is 0 Å². The summed E-state index contributed by atoms with van der Waals surface area (Å²) in [6, 6.07) is 10.2. The van der Waals surface area contributed by atoms with E-state index in [0.29, 0.717) is 12.0 Å². The Hall–Kier alpha value is -1.57. The quantitative estimate of drug-likeness (QED) is 0.742. The first kappa shape index (κ1) is 12.5. The van der Waals surface area contributed by atoms with Crippen molar-refractivity contribution in [2.45, 2.75) is 33.8 Å². The van der Waals surface area contributed by atoms with Crippen molar-refractivity contribution < 1.29 is 4.84 Å². The summed E-state index contributed by atoms with van der Waals surface area (Å²) < 4.78 is 0. The number of rotatable bonds is 3. The predicted octanol–water partition coefficient (Wildman–Crippen LogP) is 4.18. The first-order valence-electron chi connectivity index (χ1n) is 7.00. The highest BCUT2D eigenvalue weighted by Crippen LogP contribution is 2.63. The Balaban J connectivity index is 1.63. The average Bonchev–Trinajstić information content (AvgIpc) is 2.92. The summed E-state index contributed by atoms with van der Waals surface area (Å²) in [5.74, 6) is 1.51. The fraction of sp³-hybridized carbons (Fsp3) is 0.471. The average molecular weight is 255 g/mol. The lowest BCUT2D eigenvalue weighted by atomic mass is 9.99. The number of oxime groups is 1. The van der Waals surface area contributed by atoms with Gasteiger partial charge in [-0.15, -0.1) is 0 Å². The van der Waals surface area contributed by atoms with Gasteiger partial charge in [0.2, 0.25) is 0 Å². The van der Waals surface area contributed by atoms with E-state index in [4.69, 9.17) is 4.84 Å². The van der Waals surface area contributed by atoms with Gasteiger partial charge < -0.3 is 4.84 Å². The van der Waals surface area contributed by atoms with Crippen LogP contribution in [-0.4, -0.2) is 5.71 Å². The van der Waals surface area contributed by atoms with Crippen molar-refractivity contribution >= 4 is 5.71 Å². The maximum Gasteiger partial charge on any atom is 0.142 e. The zero-order chi connectivity index (χ0) is 13.5. The fourth-order valence-corrected chi connectivity index (χ4v) is 3.11. The zero-order valence-electron chi connectivity index (χ0n) is 11.9. The highest BCUT2D eigenvalue weighted by atomic mass is 16.6. The lowest BCUT2D eigenvalue weighted by molar-refractivity contribution is 0.129. The maximum absolute atomic E-state index is 5.51. The van der Waals surface area contributed by atoms with Gasteiger partial charge in [-0.05, 0) is 41.7 Å². The second-order valence-electron chi connectivity index (χ2n) is 6.30. The molecule has 19 heavy (non-hydrogen) atoms. The third-order valence-electron chi connectivity index (χ3n) is 4.69. The first-order chi connectivity index (χ1) is 9.09. The summed E-state index contributed by atoms with van der Waals surface area (Å²) in [6.07, 6.45) is 3.44. The van der Waals surface area contributed by atoms with E-state index in [1.54, 1.807) is 0 Å². The molecule has 1 saturated carbocycles. The lowest BCUT2D eigenvalue weighted by Crippen LogP contribution is -2.08. The van der Waals surface area contributed by atoms with Crippen LogP contribution >= 0.6 is 0 Å². The standard InChI is InChI=1S/C17H21NO/c1-12-9-14-15(17(14,2)3)10-16(12)18-19-11-13-7-5-4-6-8-13/h4-9,14-15H,10-11H2,1-3H3/b18-16-/t14-,15+/m1/s1. The van der Waals surface area contributed by atoms with Crippen molar-refractivity contribution in [1.82, 2.24) is 0 Å². The van der Waals surface area contributed by atoms with Crippen molar-refractivity contribution in [3.8, 4) is 0 Å². The largest absolute Gasteiger partial charge is 0.391 e. The van der Waals surface area contributed by atoms with E-state index in [9.17, 15) is 0 Å².